The van der Waals surface area contributed by atoms with Crippen LogP contribution in [-0.4, -0.2) is 56.9 Å². The number of likely N-dealkylation sites (tertiary alicyclic amines) is 1. The van der Waals surface area contributed by atoms with Gasteiger partial charge in [0.25, 0.3) is 6.43 Å². The maximum atomic E-state index is 14.8. The van der Waals surface area contributed by atoms with Crippen LogP contribution in [0.5, 0.6) is 5.88 Å². The van der Waals surface area contributed by atoms with E-state index in [0.717, 1.165) is 6.07 Å². The SMILES string of the molecule is COc1nc(C2(O)CCN(C(=O)OC(C)(C)C)CC2)cc2c(NC(C)c3cccc(C(F)F)c3F)ncnc12. The molecule has 0 spiro atoms. The number of halogens is 3. The summed E-state index contributed by atoms with van der Waals surface area (Å²) in [6.07, 6.45) is -1.72. The number of aromatic nitrogens is 3. The zero-order valence-electron chi connectivity index (χ0n) is 22.5. The van der Waals surface area contributed by atoms with Gasteiger partial charge in [-0.2, -0.15) is 0 Å². The summed E-state index contributed by atoms with van der Waals surface area (Å²) < 4.78 is 52.2. The van der Waals surface area contributed by atoms with Crippen molar-refractivity contribution < 1.29 is 32.5 Å². The molecule has 1 unspecified atom stereocenters. The van der Waals surface area contributed by atoms with E-state index in [-0.39, 0.29) is 43.2 Å². The van der Waals surface area contributed by atoms with Crippen molar-refractivity contribution in [1.29, 1.82) is 0 Å². The molecule has 1 aliphatic heterocycles. The summed E-state index contributed by atoms with van der Waals surface area (Å²) in [6, 6.07) is 4.75. The Kier molecular flexibility index (Phi) is 7.87. The fourth-order valence-corrected chi connectivity index (χ4v) is 4.53. The quantitative estimate of drug-likeness (QED) is 0.416. The molecule has 2 aromatic heterocycles. The highest BCUT2D eigenvalue weighted by Crippen LogP contribution is 2.38. The molecular formula is C27H32F3N5O4. The van der Waals surface area contributed by atoms with Crippen molar-refractivity contribution in [2.24, 2.45) is 0 Å². The maximum Gasteiger partial charge on any atom is 0.410 e. The molecule has 39 heavy (non-hydrogen) atoms. The van der Waals surface area contributed by atoms with Crippen LogP contribution in [0.15, 0.2) is 30.6 Å². The third-order valence-electron chi connectivity index (χ3n) is 6.62. The smallest absolute Gasteiger partial charge is 0.410 e. The van der Waals surface area contributed by atoms with Crippen molar-refractivity contribution in [1.82, 2.24) is 19.9 Å². The van der Waals surface area contributed by atoms with E-state index < -0.39 is 41.1 Å². The van der Waals surface area contributed by atoms with Crippen molar-refractivity contribution >= 4 is 22.8 Å². The molecule has 1 amide bonds. The number of alkyl halides is 2. The molecule has 4 rings (SSSR count). The number of aliphatic hydroxyl groups is 1. The second-order valence-electron chi connectivity index (χ2n) is 10.6. The second-order valence-corrected chi connectivity index (χ2v) is 10.6. The molecule has 3 heterocycles. The average molecular weight is 548 g/mol. The summed E-state index contributed by atoms with van der Waals surface area (Å²) in [7, 11) is 1.42. The zero-order chi connectivity index (χ0) is 28.5. The van der Waals surface area contributed by atoms with Gasteiger partial charge >= 0.3 is 6.09 Å². The number of piperidine rings is 1. The van der Waals surface area contributed by atoms with Crippen LogP contribution in [0.1, 0.15) is 69.8 Å². The molecule has 0 bridgehead atoms. The normalized spacial score (nSPS) is 16.3. The largest absolute Gasteiger partial charge is 0.479 e. The lowest BCUT2D eigenvalue weighted by Crippen LogP contribution is -2.47. The van der Waals surface area contributed by atoms with E-state index in [1.807, 2.05) is 0 Å². The van der Waals surface area contributed by atoms with Gasteiger partial charge < -0.3 is 24.8 Å². The van der Waals surface area contributed by atoms with Gasteiger partial charge in [-0.05, 0) is 46.6 Å². The highest BCUT2D eigenvalue weighted by molar-refractivity contribution is 5.92. The van der Waals surface area contributed by atoms with E-state index in [2.05, 4.69) is 20.3 Å². The van der Waals surface area contributed by atoms with Crippen LogP contribution in [0, 0.1) is 5.82 Å². The van der Waals surface area contributed by atoms with Crippen LogP contribution in [0.25, 0.3) is 10.9 Å². The van der Waals surface area contributed by atoms with Crippen LogP contribution in [0.4, 0.5) is 23.8 Å². The predicted octanol–water partition coefficient (Wildman–Crippen LogP) is 5.50. The number of amides is 1. The molecule has 1 aliphatic rings. The van der Waals surface area contributed by atoms with E-state index in [9.17, 15) is 23.1 Å². The number of nitrogens with one attached hydrogen (secondary N) is 1. The molecular weight excluding hydrogens is 515 g/mol. The number of carbonyl (C=O) groups excluding carboxylic acids is 1. The first-order chi connectivity index (χ1) is 18.3. The number of hydrogen-bond acceptors (Lipinski definition) is 8. The summed E-state index contributed by atoms with van der Waals surface area (Å²) in [5, 5.41) is 15.1. The fraction of sp³-hybridized carbons (Fsp3) is 0.481. The number of rotatable bonds is 6. The Morgan fingerprint density at radius 2 is 1.85 bits per heavy atom. The van der Waals surface area contributed by atoms with E-state index in [0.29, 0.717) is 16.6 Å². The van der Waals surface area contributed by atoms with Gasteiger partial charge in [-0.1, -0.05) is 18.2 Å². The molecule has 1 atom stereocenters. The highest BCUT2D eigenvalue weighted by Gasteiger charge is 2.39. The van der Waals surface area contributed by atoms with Gasteiger partial charge in [0.2, 0.25) is 5.88 Å². The third-order valence-corrected chi connectivity index (χ3v) is 6.62. The number of ether oxygens (including phenoxy) is 2. The fourth-order valence-electron chi connectivity index (χ4n) is 4.53. The van der Waals surface area contributed by atoms with Crippen molar-refractivity contribution in [3.63, 3.8) is 0 Å². The lowest BCUT2D eigenvalue weighted by Gasteiger charge is -2.38. The molecule has 9 nitrogen and oxygen atoms in total. The van der Waals surface area contributed by atoms with E-state index in [1.54, 1.807) is 33.8 Å². The van der Waals surface area contributed by atoms with Gasteiger partial charge in [0.15, 0.2) is 0 Å². The number of methoxy groups -OCH3 is 1. The Labute approximate surface area is 224 Å². The number of fused-ring (bicyclic) bond motifs is 1. The lowest BCUT2D eigenvalue weighted by atomic mass is 9.87. The van der Waals surface area contributed by atoms with Gasteiger partial charge in [-0.25, -0.2) is 32.9 Å². The molecule has 1 saturated heterocycles. The second kappa shape index (κ2) is 10.8. The monoisotopic (exact) mass is 547 g/mol. The summed E-state index contributed by atoms with van der Waals surface area (Å²) >= 11 is 0. The molecule has 1 aromatic carbocycles. The van der Waals surface area contributed by atoms with Gasteiger partial charge in [0.05, 0.1) is 29.8 Å². The van der Waals surface area contributed by atoms with Crippen LogP contribution < -0.4 is 10.1 Å². The van der Waals surface area contributed by atoms with Crippen LogP contribution in [0.3, 0.4) is 0 Å². The molecule has 0 radical (unpaired) electrons. The first-order valence-electron chi connectivity index (χ1n) is 12.6. The molecule has 2 N–H and O–H groups in total. The summed E-state index contributed by atoms with van der Waals surface area (Å²) in [5.41, 5.74) is -2.00. The van der Waals surface area contributed by atoms with Crippen molar-refractivity contribution in [3.8, 4) is 5.88 Å². The first-order valence-corrected chi connectivity index (χ1v) is 12.6. The van der Waals surface area contributed by atoms with Gasteiger partial charge in [-0.15, -0.1) is 0 Å². The van der Waals surface area contributed by atoms with Crippen LogP contribution in [0.2, 0.25) is 0 Å². The summed E-state index contributed by atoms with van der Waals surface area (Å²) in [6.45, 7) is 7.49. The van der Waals surface area contributed by atoms with Crippen LogP contribution >= 0.6 is 0 Å². The Hall–Kier alpha value is -3.67. The Morgan fingerprint density at radius 3 is 2.46 bits per heavy atom. The number of hydrogen-bond donors (Lipinski definition) is 2. The minimum absolute atomic E-state index is 0.0500. The van der Waals surface area contributed by atoms with Crippen molar-refractivity contribution in [2.75, 3.05) is 25.5 Å². The lowest BCUT2D eigenvalue weighted by molar-refractivity contribution is -0.0382. The number of anilines is 1. The number of pyridine rings is 1. The molecule has 210 valence electrons. The minimum Gasteiger partial charge on any atom is -0.479 e. The first kappa shape index (κ1) is 28.3. The van der Waals surface area contributed by atoms with E-state index in [1.165, 1.54) is 30.5 Å². The molecule has 3 aromatic rings. The highest BCUT2D eigenvalue weighted by atomic mass is 19.3. The summed E-state index contributed by atoms with van der Waals surface area (Å²) in [5.74, 6) is -0.558. The number of benzene rings is 1. The standard InChI is InChI=1S/C27H32F3N5O4/c1-15(16-7-6-8-17(20(16)28)22(29)30)33-23-18-13-19(34-24(38-5)21(18)31-14-32-23)27(37)9-11-35(12-10-27)25(36)39-26(2,3)4/h6-8,13-15,22,37H,9-12H2,1-5H3,(H,31,32,33). The van der Waals surface area contributed by atoms with Gasteiger partial charge in [0.1, 0.15) is 34.7 Å². The average Bonchev–Trinajstić information content (AvgIpc) is 2.87. The number of nitrogens with zero attached hydrogens (tertiary/aromatic N) is 4. The molecule has 12 heteroatoms. The Balaban J connectivity index is 1.65. The van der Waals surface area contributed by atoms with Gasteiger partial charge in [0, 0.05) is 18.7 Å². The maximum absolute atomic E-state index is 14.8. The summed E-state index contributed by atoms with van der Waals surface area (Å²) in [4.78, 5) is 27.1. The van der Waals surface area contributed by atoms with Crippen molar-refractivity contribution in [2.45, 2.75) is 64.2 Å². The predicted molar refractivity (Wildman–Crippen MR) is 138 cm³/mol. The third kappa shape index (κ3) is 6.00. The molecule has 0 aliphatic carbocycles. The Morgan fingerprint density at radius 1 is 1.18 bits per heavy atom. The molecule has 1 fully saturated rings. The van der Waals surface area contributed by atoms with E-state index >= 15 is 0 Å². The zero-order valence-corrected chi connectivity index (χ0v) is 22.5. The van der Waals surface area contributed by atoms with Gasteiger partial charge in [-0.3, -0.25) is 0 Å². The minimum atomic E-state index is -2.95. The Bertz CT molecular complexity index is 1360. The van der Waals surface area contributed by atoms with Crippen LogP contribution in [-0.2, 0) is 10.3 Å². The topological polar surface area (TPSA) is 110 Å². The molecule has 0 saturated carbocycles. The number of carbonyl (C=O) groups is 1. The van der Waals surface area contributed by atoms with Crippen molar-refractivity contribution in [3.05, 3.63) is 53.2 Å². The van der Waals surface area contributed by atoms with E-state index in [4.69, 9.17) is 9.47 Å².